The molecule has 0 spiro atoms. The molecular formula is C16H25N2OS+. The minimum atomic E-state index is 0.128. The van der Waals surface area contributed by atoms with E-state index in [0.717, 1.165) is 35.5 Å². The first-order valence-electron chi connectivity index (χ1n) is 7.35. The van der Waals surface area contributed by atoms with Gasteiger partial charge in [-0.15, -0.1) is 11.8 Å². The molecule has 1 heterocycles. The van der Waals surface area contributed by atoms with E-state index in [1.54, 1.807) is 11.8 Å². The van der Waals surface area contributed by atoms with Crippen LogP contribution in [0.25, 0.3) is 0 Å². The largest absolute Gasteiger partial charge is 0.327 e. The number of para-hydroxylation sites is 1. The third kappa shape index (κ3) is 4.25. The van der Waals surface area contributed by atoms with Gasteiger partial charge < -0.3 is 10.2 Å². The lowest BCUT2D eigenvalue weighted by molar-refractivity contribution is -0.904. The summed E-state index contributed by atoms with van der Waals surface area (Å²) in [7, 11) is 0. The predicted octanol–water partition coefficient (Wildman–Crippen LogP) is 1.91. The fourth-order valence-electron chi connectivity index (χ4n) is 3.24. The van der Waals surface area contributed by atoms with Gasteiger partial charge in [0.05, 0.1) is 18.8 Å². The Morgan fingerprint density at radius 2 is 1.95 bits per heavy atom. The minimum absolute atomic E-state index is 0.128. The molecule has 110 valence electrons. The van der Waals surface area contributed by atoms with Crippen LogP contribution >= 0.6 is 11.8 Å². The van der Waals surface area contributed by atoms with E-state index in [1.807, 2.05) is 30.5 Å². The molecule has 3 atom stereocenters. The number of benzene rings is 1. The van der Waals surface area contributed by atoms with Gasteiger partial charge in [0.2, 0.25) is 0 Å². The number of amides is 1. The molecule has 2 rings (SSSR count). The first kappa shape index (κ1) is 15.4. The highest BCUT2D eigenvalue weighted by Crippen LogP contribution is 2.24. The van der Waals surface area contributed by atoms with E-state index in [1.165, 1.54) is 11.3 Å². The molecule has 1 aromatic rings. The van der Waals surface area contributed by atoms with Crippen molar-refractivity contribution in [2.75, 3.05) is 31.2 Å². The summed E-state index contributed by atoms with van der Waals surface area (Å²) in [6, 6.07) is 7.98. The Kier molecular flexibility index (Phi) is 5.49. The molecule has 0 aliphatic carbocycles. The summed E-state index contributed by atoms with van der Waals surface area (Å²) >= 11 is 1.66. The van der Waals surface area contributed by atoms with Gasteiger partial charge in [-0.3, -0.25) is 4.79 Å². The normalized spacial score (nSPS) is 26.2. The molecule has 3 nitrogen and oxygen atoms in total. The Hall–Kier alpha value is -1.00. The van der Waals surface area contributed by atoms with Gasteiger partial charge >= 0.3 is 0 Å². The first-order valence-corrected chi connectivity index (χ1v) is 8.57. The second kappa shape index (κ2) is 7.14. The Morgan fingerprint density at radius 3 is 2.60 bits per heavy atom. The van der Waals surface area contributed by atoms with Crippen molar-refractivity contribution in [1.29, 1.82) is 0 Å². The maximum Gasteiger partial charge on any atom is 0.279 e. The predicted molar refractivity (Wildman–Crippen MR) is 85.4 cm³/mol. The van der Waals surface area contributed by atoms with Crippen LogP contribution in [-0.2, 0) is 4.79 Å². The summed E-state index contributed by atoms with van der Waals surface area (Å²) in [5.41, 5.74) is 0.933. The molecule has 1 aliphatic heterocycles. The van der Waals surface area contributed by atoms with Crippen molar-refractivity contribution in [3.8, 4) is 0 Å². The number of hydrogen-bond acceptors (Lipinski definition) is 2. The maximum absolute atomic E-state index is 12.2. The van der Waals surface area contributed by atoms with Crippen LogP contribution in [0.3, 0.4) is 0 Å². The second-order valence-corrected chi connectivity index (χ2v) is 6.88. The summed E-state index contributed by atoms with van der Waals surface area (Å²) in [6.45, 7) is 7.38. The van der Waals surface area contributed by atoms with E-state index in [4.69, 9.17) is 0 Å². The van der Waals surface area contributed by atoms with Gasteiger partial charge in [-0.2, -0.15) is 0 Å². The average molecular weight is 293 g/mol. The van der Waals surface area contributed by atoms with Gasteiger partial charge in [0, 0.05) is 16.7 Å². The van der Waals surface area contributed by atoms with Crippen LogP contribution in [0, 0.1) is 11.8 Å². The van der Waals surface area contributed by atoms with Crippen molar-refractivity contribution in [3.63, 3.8) is 0 Å². The number of anilines is 1. The number of quaternary nitrogens is 1. The van der Waals surface area contributed by atoms with Gasteiger partial charge in [-0.05, 0) is 24.8 Å². The molecule has 0 saturated carbocycles. The van der Waals surface area contributed by atoms with Gasteiger partial charge in [0.1, 0.15) is 0 Å². The highest BCUT2D eigenvalue weighted by atomic mass is 32.2. The molecule has 2 N–H and O–H groups in total. The number of rotatable bonds is 4. The molecule has 1 aliphatic rings. The fourth-order valence-corrected chi connectivity index (χ4v) is 3.79. The zero-order valence-corrected chi connectivity index (χ0v) is 13.4. The number of carbonyl (C=O) groups is 1. The van der Waals surface area contributed by atoms with E-state index in [2.05, 4.69) is 19.2 Å². The smallest absolute Gasteiger partial charge is 0.279 e. The maximum atomic E-state index is 12.2. The summed E-state index contributed by atoms with van der Waals surface area (Å²) in [5, 5.41) is 3.06. The SMILES string of the molecule is CSc1ccccc1NC(=O)C[NH+]1C[C@H](C)C[C@H](C)C1. The van der Waals surface area contributed by atoms with Crippen LogP contribution in [0.2, 0.25) is 0 Å². The quantitative estimate of drug-likeness (QED) is 0.832. The van der Waals surface area contributed by atoms with E-state index >= 15 is 0 Å². The highest BCUT2D eigenvalue weighted by Gasteiger charge is 2.26. The Balaban J connectivity index is 1.92. The zero-order chi connectivity index (χ0) is 14.5. The van der Waals surface area contributed by atoms with Crippen molar-refractivity contribution in [1.82, 2.24) is 0 Å². The van der Waals surface area contributed by atoms with Crippen molar-refractivity contribution in [2.45, 2.75) is 25.2 Å². The van der Waals surface area contributed by atoms with Gasteiger partial charge in [-0.25, -0.2) is 0 Å². The Bertz CT molecular complexity index is 454. The number of hydrogen-bond donors (Lipinski definition) is 2. The topological polar surface area (TPSA) is 33.5 Å². The standard InChI is InChI=1S/C16H24N2OS/c1-12-8-13(2)10-18(9-12)11-16(19)17-14-6-4-5-7-15(14)20-3/h4-7,12-13H,8-11H2,1-3H3,(H,17,19)/p+1/t12-,13+. The molecule has 1 amide bonds. The van der Waals surface area contributed by atoms with Crippen molar-refractivity contribution >= 4 is 23.4 Å². The summed E-state index contributed by atoms with van der Waals surface area (Å²) in [6.07, 6.45) is 3.32. The number of thioether (sulfide) groups is 1. The molecule has 1 saturated heterocycles. The Morgan fingerprint density at radius 1 is 1.30 bits per heavy atom. The monoisotopic (exact) mass is 293 g/mol. The molecule has 1 fully saturated rings. The van der Waals surface area contributed by atoms with Crippen LogP contribution in [0.15, 0.2) is 29.2 Å². The molecule has 1 aromatic carbocycles. The Labute approximate surface area is 126 Å². The zero-order valence-electron chi connectivity index (χ0n) is 12.6. The molecule has 0 radical (unpaired) electrons. The first-order chi connectivity index (χ1) is 9.58. The lowest BCUT2D eigenvalue weighted by atomic mass is 9.92. The minimum Gasteiger partial charge on any atom is -0.327 e. The molecule has 0 aromatic heterocycles. The number of piperidine rings is 1. The third-order valence-corrected chi connectivity index (χ3v) is 4.67. The van der Waals surface area contributed by atoms with Crippen molar-refractivity contribution in [2.24, 2.45) is 11.8 Å². The summed E-state index contributed by atoms with van der Waals surface area (Å²) < 4.78 is 0. The van der Waals surface area contributed by atoms with Crippen LogP contribution in [0.4, 0.5) is 5.69 Å². The number of likely N-dealkylation sites (tertiary alicyclic amines) is 1. The lowest BCUT2D eigenvalue weighted by Gasteiger charge is -2.31. The second-order valence-electron chi connectivity index (χ2n) is 6.03. The number of carbonyl (C=O) groups excluding carboxylic acids is 1. The van der Waals surface area contributed by atoms with Crippen LogP contribution in [0.5, 0.6) is 0 Å². The van der Waals surface area contributed by atoms with Crippen LogP contribution in [-0.4, -0.2) is 31.8 Å². The van der Waals surface area contributed by atoms with E-state index in [9.17, 15) is 4.79 Å². The third-order valence-electron chi connectivity index (χ3n) is 3.87. The highest BCUT2D eigenvalue weighted by molar-refractivity contribution is 7.98. The van der Waals surface area contributed by atoms with E-state index in [-0.39, 0.29) is 5.91 Å². The van der Waals surface area contributed by atoms with E-state index in [0.29, 0.717) is 6.54 Å². The van der Waals surface area contributed by atoms with Gasteiger partial charge in [0.25, 0.3) is 5.91 Å². The lowest BCUT2D eigenvalue weighted by Crippen LogP contribution is -3.15. The van der Waals surface area contributed by atoms with Crippen LogP contribution in [0.1, 0.15) is 20.3 Å². The van der Waals surface area contributed by atoms with Crippen LogP contribution < -0.4 is 10.2 Å². The van der Waals surface area contributed by atoms with Crippen molar-refractivity contribution < 1.29 is 9.69 Å². The van der Waals surface area contributed by atoms with Gasteiger partial charge in [-0.1, -0.05) is 26.0 Å². The molecule has 20 heavy (non-hydrogen) atoms. The van der Waals surface area contributed by atoms with Crippen molar-refractivity contribution in [3.05, 3.63) is 24.3 Å². The fraction of sp³-hybridized carbons (Fsp3) is 0.562. The molecule has 0 bridgehead atoms. The summed E-state index contributed by atoms with van der Waals surface area (Å²) in [5.74, 6) is 1.57. The molecule has 1 unspecified atom stereocenters. The average Bonchev–Trinajstić information content (AvgIpc) is 2.37. The summed E-state index contributed by atoms with van der Waals surface area (Å²) in [4.78, 5) is 14.8. The van der Waals surface area contributed by atoms with Gasteiger partial charge in [0.15, 0.2) is 6.54 Å². The molecular weight excluding hydrogens is 268 g/mol. The van der Waals surface area contributed by atoms with E-state index < -0.39 is 0 Å². The number of nitrogens with one attached hydrogen (secondary N) is 2. The molecule has 4 heteroatoms.